The standard InChI is InChI=1S/C12H20N2S/c1-12(2,14)11-5-3-4-10(8-11)9-15-7-6-13/h3-5,8H,6-7,9,13-14H2,1-2H3. The van der Waals surface area contributed by atoms with Crippen LogP contribution in [0.4, 0.5) is 0 Å². The number of thioether (sulfide) groups is 1. The fourth-order valence-corrected chi connectivity index (χ4v) is 2.06. The summed E-state index contributed by atoms with van der Waals surface area (Å²) in [6, 6.07) is 8.47. The summed E-state index contributed by atoms with van der Waals surface area (Å²) in [4.78, 5) is 0. The molecule has 0 aliphatic heterocycles. The molecule has 0 unspecified atom stereocenters. The van der Waals surface area contributed by atoms with Crippen molar-refractivity contribution in [2.45, 2.75) is 25.1 Å². The minimum atomic E-state index is -0.255. The molecule has 0 spiro atoms. The molecule has 0 saturated heterocycles. The van der Waals surface area contributed by atoms with E-state index < -0.39 is 0 Å². The van der Waals surface area contributed by atoms with E-state index >= 15 is 0 Å². The first kappa shape index (κ1) is 12.6. The van der Waals surface area contributed by atoms with Gasteiger partial charge in [0.2, 0.25) is 0 Å². The van der Waals surface area contributed by atoms with Gasteiger partial charge in [0.15, 0.2) is 0 Å². The normalized spacial score (nSPS) is 11.7. The van der Waals surface area contributed by atoms with Crippen molar-refractivity contribution in [1.29, 1.82) is 0 Å². The van der Waals surface area contributed by atoms with Gasteiger partial charge in [-0.25, -0.2) is 0 Å². The fraction of sp³-hybridized carbons (Fsp3) is 0.500. The minimum Gasteiger partial charge on any atom is -0.330 e. The molecule has 4 N–H and O–H groups in total. The van der Waals surface area contributed by atoms with Crippen molar-refractivity contribution in [3.63, 3.8) is 0 Å². The Hall–Kier alpha value is -0.510. The molecule has 1 rings (SSSR count). The number of rotatable bonds is 5. The van der Waals surface area contributed by atoms with Gasteiger partial charge in [-0.2, -0.15) is 11.8 Å². The van der Waals surface area contributed by atoms with Crippen LogP contribution in [0.15, 0.2) is 24.3 Å². The number of benzene rings is 1. The van der Waals surface area contributed by atoms with E-state index in [1.807, 2.05) is 25.6 Å². The molecule has 0 aliphatic carbocycles. The van der Waals surface area contributed by atoms with Crippen molar-refractivity contribution in [3.8, 4) is 0 Å². The molecule has 0 radical (unpaired) electrons. The molecule has 84 valence electrons. The summed E-state index contributed by atoms with van der Waals surface area (Å²) < 4.78 is 0. The highest BCUT2D eigenvalue weighted by molar-refractivity contribution is 7.98. The maximum absolute atomic E-state index is 6.05. The van der Waals surface area contributed by atoms with Gasteiger partial charge in [-0.05, 0) is 25.0 Å². The summed E-state index contributed by atoms with van der Waals surface area (Å²) >= 11 is 1.86. The molecule has 0 atom stereocenters. The molecule has 0 aromatic heterocycles. The highest BCUT2D eigenvalue weighted by Gasteiger charge is 2.13. The van der Waals surface area contributed by atoms with Crippen molar-refractivity contribution in [1.82, 2.24) is 0 Å². The van der Waals surface area contributed by atoms with Gasteiger partial charge in [0, 0.05) is 23.6 Å². The van der Waals surface area contributed by atoms with Crippen LogP contribution in [0.2, 0.25) is 0 Å². The second kappa shape index (κ2) is 5.54. The predicted octanol–water partition coefficient (Wildman–Crippen LogP) is 2.07. The number of nitrogens with two attached hydrogens (primary N) is 2. The quantitative estimate of drug-likeness (QED) is 0.753. The Labute approximate surface area is 96.4 Å². The zero-order valence-electron chi connectivity index (χ0n) is 9.49. The molecular weight excluding hydrogens is 204 g/mol. The Bertz CT molecular complexity index is 305. The lowest BCUT2D eigenvalue weighted by molar-refractivity contribution is 0.554. The van der Waals surface area contributed by atoms with E-state index in [4.69, 9.17) is 11.5 Å². The first-order valence-corrected chi connectivity index (χ1v) is 6.35. The lowest BCUT2D eigenvalue weighted by atomic mass is 9.94. The van der Waals surface area contributed by atoms with Crippen LogP contribution >= 0.6 is 11.8 Å². The lowest BCUT2D eigenvalue weighted by Gasteiger charge is -2.19. The molecule has 1 aromatic rings. The van der Waals surface area contributed by atoms with Gasteiger partial charge in [0.25, 0.3) is 0 Å². The van der Waals surface area contributed by atoms with E-state index in [1.54, 1.807) is 0 Å². The first-order valence-electron chi connectivity index (χ1n) is 5.20. The largest absolute Gasteiger partial charge is 0.330 e. The van der Waals surface area contributed by atoms with Crippen LogP contribution < -0.4 is 11.5 Å². The SMILES string of the molecule is CC(C)(N)c1cccc(CSCCN)c1. The molecule has 0 fully saturated rings. The zero-order valence-corrected chi connectivity index (χ0v) is 10.3. The monoisotopic (exact) mass is 224 g/mol. The Kier molecular flexibility index (Phi) is 4.64. The van der Waals surface area contributed by atoms with Crippen molar-refractivity contribution in [2.75, 3.05) is 12.3 Å². The van der Waals surface area contributed by atoms with E-state index in [0.717, 1.165) is 18.1 Å². The summed E-state index contributed by atoms with van der Waals surface area (Å²) in [6.07, 6.45) is 0. The van der Waals surface area contributed by atoms with Gasteiger partial charge >= 0.3 is 0 Å². The Morgan fingerprint density at radius 1 is 1.33 bits per heavy atom. The average molecular weight is 224 g/mol. The molecule has 0 saturated carbocycles. The maximum atomic E-state index is 6.05. The maximum Gasteiger partial charge on any atom is 0.0352 e. The minimum absolute atomic E-state index is 0.255. The summed E-state index contributed by atoms with van der Waals surface area (Å²) in [7, 11) is 0. The van der Waals surface area contributed by atoms with Gasteiger partial charge < -0.3 is 11.5 Å². The smallest absolute Gasteiger partial charge is 0.0352 e. The molecule has 0 heterocycles. The first-order chi connectivity index (χ1) is 7.04. The summed E-state index contributed by atoms with van der Waals surface area (Å²) in [6.45, 7) is 4.80. The van der Waals surface area contributed by atoms with Gasteiger partial charge in [-0.15, -0.1) is 0 Å². The van der Waals surface area contributed by atoms with Crippen LogP contribution in [0.5, 0.6) is 0 Å². The summed E-state index contributed by atoms with van der Waals surface area (Å²) in [5, 5.41) is 0. The van der Waals surface area contributed by atoms with Gasteiger partial charge in [0.05, 0.1) is 0 Å². The van der Waals surface area contributed by atoms with Gasteiger partial charge in [-0.3, -0.25) is 0 Å². The van der Waals surface area contributed by atoms with Crippen LogP contribution in [0, 0.1) is 0 Å². The van der Waals surface area contributed by atoms with E-state index in [9.17, 15) is 0 Å². The second-order valence-corrected chi connectivity index (χ2v) is 5.37. The Morgan fingerprint density at radius 3 is 2.67 bits per heavy atom. The Morgan fingerprint density at radius 2 is 2.07 bits per heavy atom. The van der Waals surface area contributed by atoms with Crippen molar-refractivity contribution in [2.24, 2.45) is 11.5 Å². The molecular formula is C12H20N2S. The zero-order chi connectivity index (χ0) is 11.3. The number of hydrogen-bond acceptors (Lipinski definition) is 3. The highest BCUT2D eigenvalue weighted by Crippen LogP contribution is 2.20. The summed E-state index contributed by atoms with van der Waals surface area (Å²) in [5.74, 6) is 2.03. The topological polar surface area (TPSA) is 52.0 Å². The van der Waals surface area contributed by atoms with Crippen LogP contribution in [0.25, 0.3) is 0 Å². The Balaban J connectivity index is 2.66. The third-order valence-corrected chi connectivity index (χ3v) is 3.26. The van der Waals surface area contributed by atoms with Gasteiger partial charge in [-0.1, -0.05) is 24.3 Å². The lowest BCUT2D eigenvalue weighted by Crippen LogP contribution is -2.28. The molecule has 0 amide bonds. The highest BCUT2D eigenvalue weighted by atomic mass is 32.2. The molecule has 0 bridgehead atoms. The second-order valence-electron chi connectivity index (χ2n) is 4.26. The third-order valence-electron chi connectivity index (χ3n) is 2.20. The number of hydrogen-bond donors (Lipinski definition) is 2. The van der Waals surface area contributed by atoms with Crippen molar-refractivity contribution >= 4 is 11.8 Å². The van der Waals surface area contributed by atoms with E-state index in [1.165, 1.54) is 11.1 Å². The van der Waals surface area contributed by atoms with Crippen LogP contribution in [-0.4, -0.2) is 12.3 Å². The molecule has 0 aliphatic rings. The van der Waals surface area contributed by atoms with Crippen molar-refractivity contribution < 1.29 is 0 Å². The molecule has 15 heavy (non-hydrogen) atoms. The third kappa shape index (κ3) is 4.24. The van der Waals surface area contributed by atoms with Crippen molar-refractivity contribution in [3.05, 3.63) is 35.4 Å². The summed E-state index contributed by atoms with van der Waals surface area (Å²) in [5.41, 5.74) is 13.8. The van der Waals surface area contributed by atoms with E-state index in [-0.39, 0.29) is 5.54 Å². The van der Waals surface area contributed by atoms with Crippen LogP contribution in [0.1, 0.15) is 25.0 Å². The van der Waals surface area contributed by atoms with E-state index in [0.29, 0.717) is 0 Å². The fourth-order valence-electron chi connectivity index (χ4n) is 1.34. The van der Waals surface area contributed by atoms with Crippen LogP contribution in [-0.2, 0) is 11.3 Å². The van der Waals surface area contributed by atoms with Gasteiger partial charge in [0.1, 0.15) is 0 Å². The van der Waals surface area contributed by atoms with Crippen LogP contribution in [0.3, 0.4) is 0 Å². The average Bonchev–Trinajstić information content (AvgIpc) is 2.17. The molecule has 1 aromatic carbocycles. The molecule has 3 heteroatoms. The molecule has 2 nitrogen and oxygen atoms in total. The predicted molar refractivity (Wildman–Crippen MR) is 68.9 cm³/mol. The van der Waals surface area contributed by atoms with E-state index in [2.05, 4.69) is 24.3 Å².